The zero-order valence-corrected chi connectivity index (χ0v) is 16.1. The van der Waals surface area contributed by atoms with E-state index in [1.165, 1.54) is 0 Å². The quantitative estimate of drug-likeness (QED) is 0.518. The van der Waals surface area contributed by atoms with Crippen molar-refractivity contribution in [2.75, 3.05) is 0 Å². The molecule has 0 saturated carbocycles. The molecule has 5 heteroatoms. The normalized spacial score (nSPS) is 16.5. The third kappa shape index (κ3) is 3.35. The summed E-state index contributed by atoms with van der Waals surface area (Å²) in [5, 5.41) is 3.98. The van der Waals surface area contributed by atoms with Gasteiger partial charge in [-0.05, 0) is 29.3 Å². The van der Waals surface area contributed by atoms with E-state index in [1.54, 1.807) is 12.1 Å². The first kappa shape index (κ1) is 18.2. The average molecular weight is 397 g/mol. The summed E-state index contributed by atoms with van der Waals surface area (Å²) in [6.07, 6.45) is -0.543. The molecule has 1 amide bonds. The highest BCUT2D eigenvalue weighted by Gasteiger charge is 2.33. The third-order valence-electron chi connectivity index (χ3n) is 5.33. The van der Waals surface area contributed by atoms with E-state index in [4.69, 9.17) is 9.15 Å². The highest BCUT2D eigenvalue weighted by molar-refractivity contribution is 5.96. The van der Waals surface area contributed by atoms with Crippen LogP contribution in [0.2, 0.25) is 0 Å². The number of hydrogen-bond donors (Lipinski definition) is 1. The zero-order valence-electron chi connectivity index (χ0n) is 16.1. The lowest BCUT2D eigenvalue weighted by Crippen LogP contribution is -2.43. The standard InChI is InChI=1S/C25H19NO4/c27-24(22-14-17-10-4-6-12-19(17)25(28)30-22)26-23(16-8-2-1-3-9-16)21-15-18-11-5-7-13-20(18)29-21/h1-13,15,22-23H,14H2,(H,26,27)/t22-,23-/m0/s1. The molecule has 1 aliphatic heterocycles. The molecule has 3 aromatic carbocycles. The molecule has 1 N–H and O–H groups in total. The van der Waals surface area contributed by atoms with Crippen LogP contribution < -0.4 is 5.32 Å². The Morgan fingerprint density at radius 1 is 0.933 bits per heavy atom. The number of benzene rings is 3. The van der Waals surface area contributed by atoms with E-state index in [9.17, 15) is 9.59 Å². The molecule has 1 aliphatic rings. The van der Waals surface area contributed by atoms with Crippen LogP contribution in [0, 0.1) is 0 Å². The molecule has 0 saturated heterocycles. The Bertz CT molecular complexity index is 1200. The minimum atomic E-state index is -0.886. The molecule has 2 atom stereocenters. The van der Waals surface area contributed by atoms with E-state index in [0.29, 0.717) is 17.7 Å². The Balaban J connectivity index is 1.46. The van der Waals surface area contributed by atoms with Gasteiger partial charge in [0.15, 0.2) is 6.10 Å². The number of amides is 1. The molecular formula is C25H19NO4. The second-order valence-corrected chi connectivity index (χ2v) is 7.29. The van der Waals surface area contributed by atoms with Crippen molar-refractivity contribution in [1.82, 2.24) is 5.32 Å². The lowest BCUT2D eigenvalue weighted by Gasteiger charge is -2.26. The van der Waals surface area contributed by atoms with Crippen molar-refractivity contribution >= 4 is 22.8 Å². The summed E-state index contributed by atoms with van der Waals surface area (Å²) in [6.45, 7) is 0. The largest absolute Gasteiger partial charge is 0.459 e. The second kappa shape index (κ2) is 7.52. The van der Waals surface area contributed by atoms with Gasteiger partial charge in [0, 0.05) is 11.8 Å². The van der Waals surface area contributed by atoms with E-state index >= 15 is 0 Å². The van der Waals surface area contributed by atoms with E-state index in [0.717, 1.165) is 22.1 Å². The fourth-order valence-electron chi connectivity index (χ4n) is 3.82. The molecule has 0 aliphatic carbocycles. The number of esters is 1. The molecule has 1 aromatic heterocycles. The molecule has 30 heavy (non-hydrogen) atoms. The lowest BCUT2D eigenvalue weighted by atomic mass is 9.97. The summed E-state index contributed by atoms with van der Waals surface area (Å²) in [5.41, 5.74) is 2.96. The molecule has 0 unspecified atom stereocenters. The second-order valence-electron chi connectivity index (χ2n) is 7.29. The van der Waals surface area contributed by atoms with Crippen LogP contribution in [-0.2, 0) is 16.0 Å². The van der Waals surface area contributed by atoms with Crippen LogP contribution in [0.3, 0.4) is 0 Å². The first-order valence-corrected chi connectivity index (χ1v) is 9.82. The topological polar surface area (TPSA) is 68.5 Å². The maximum Gasteiger partial charge on any atom is 0.339 e. The molecule has 2 heterocycles. The van der Waals surface area contributed by atoms with Gasteiger partial charge in [0.2, 0.25) is 0 Å². The molecule has 0 fully saturated rings. The van der Waals surface area contributed by atoms with Crippen LogP contribution in [0.25, 0.3) is 11.0 Å². The number of furan rings is 1. The maximum absolute atomic E-state index is 13.1. The van der Waals surface area contributed by atoms with Crippen molar-refractivity contribution in [1.29, 1.82) is 0 Å². The van der Waals surface area contributed by atoms with E-state index in [2.05, 4.69) is 5.32 Å². The summed E-state index contributed by atoms with van der Waals surface area (Å²) in [6, 6.07) is 25.9. The van der Waals surface area contributed by atoms with Crippen LogP contribution in [0.4, 0.5) is 0 Å². The smallest absolute Gasteiger partial charge is 0.339 e. The Hall–Kier alpha value is -3.86. The zero-order chi connectivity index (χ0) is 20.5. The number of hydrogen-bond acceptors (Lipinski definition) is 4. The SMILES string of the molecule is O=C1O[C@H](C(=O)N[C@@H](c2ccccc2)c2cc3ccccc3o2)Cc2ccccc21. The van der Waals surface area contributed by atoms with E-state index in [-0.39, 0.29) is 5.91 Å². The highest BCUT2D eigenvalue weighted by Crippen LogP contribution is 2.29. The maximum atomic E-state index is 13.1. The molecular weight excluding hydrogens is 378 g/mol. The number of ether oxygens (including phenoxy) is 1. The monoisotopic (exact) mass is 397 g/mol. The van der Waals surface area contributed by atoms with Crippen LogP contribution in [-0.4, -0.2) is 18.0 Å². The van der Waals surface area contributed by atoms with Gasteiger partial charge in [-0.1, -0.05) is 66.7 Å². The fraction of sp³-hybridized carbons (Fsp3) is 0.120. The minimum Gasteiger partial charge on any atom is -0.459 e. The lowest BCUT2D eigenvalue weighted by molar-refractivity contribution is -0.130. The van der Waals surface area contributed by atoms with Gasteiger partial charge in [-0.25, -0.2) is 4.79 Å². The van der Waals surface area contributed by atoms with Crippen LogP contribution in [0.15, 0.2) is 89.3 Å². The summed E-state index contributed by atoms with van der Waals surface area (Å²) in [4.78, 5) is 25.4. The van der Waals surface area contributed by atoms with Gasteiger partial charge in [-0.2, -0.15) is 0 Å². The van der Waals surface area contributed by atoms with Gasteiger partial charge >= 0.3 is 5.97 Å². The predicted molar refractivity (Wildman–Crippen MR) is 112 cm³/mol. The highest BCUT2D eigenvalue weighted by atomic mass is 16.5. The molecule has 148 valence electrons. The number of para-hydroxylation sites is 1. The van der Waals surface area contributed by atoms with Gasteiger partial charge in [0.1, 0.15) is 17.4 Å². The third-order valence-corrected chi connectivity index (χ3v) is 5.33. The van der Waals surface area contributed by atoms with Gasteiger partial charge in [-0.3, -0.25) is 4.79 Å². The number of carbonyl (C=O) groups is 2. The Labute approximate surface area is 173 Å². The molecule has 5 rings (SSSR count). The summed E-state index contributed by atoms with van der Waals surface area (Å²) in [5.74, 6) is -0.206. The number of carbonyl (C=O) groups excluding carboxylic acids is 2. The number of fused-ring (bicyclic) bond motifs is 2. The summed E-state index contributed by atoms with van der Waals surface area (Å²) < 4.78 is 11.5. The van der Waals surface area contributed by atoms with Crippen molar-refractivity contribution in [3.8, 4) is 0 Å². The van der Waals surface area contributed by atoms with Crippen LogP contribution in [0.1, 0.15) is 33.3 Å². The van der Waals surface area contributed by atoms with Crippen molar-refractivity contribution in [2.24, 2.45) is 0 Å². The van der Waals surface area contributed by atoms with E-state index < -0.39 is 18.1 Å². The van der Waals surface area contributed by atoms with Crippen molar-refractivity contribution in [3.63, 3.8) is 0 Å². The average Bonchev–Trinajstić information content (AvgIpc) is 3.22. The van der Waals surface area contributed by atoms with Crippen LogP contribution >= 0.6 is 0 Å². The van der Waals surface area contributed by atoms with Gasteiger partial charge in [-0.15, -0.1) is 0 Å². The van der Waals surface area contributed by atoms with Gasteiger partial charge in [0.05, 0.1) is 5.56 Å². The number of nitrogens with one attached hydrogen (secondary N) is 1. The molecule has 0 radical (unpaired) electrons. The van der Waals surface area contributed by atoms with Crippen LogP contribution in [0.5, 0.6) is 0 Å². The molecule has 4 aromatic rings. The Morgan fingerprint density at radius 2 is 1.67 bits per heavy atom. The minimum absolute atomic E-state index is 0.343. The number of cyclic esters (lactones) is 1. The number of rotatable bonds is 4. The first-order chi connectivity index (χ1) is 14.7. The van der Waals surface area contributed by atoms with E-state index in [1.807, 2.05) is 72.8 Å². The van der Waals surface area contributed by atoms with Gasteiger partial charge < -0.3 is 14.5 Å². The van der Waals surface area contributed by atoms with Crippen molar-refractivity contribution in [3.05, 3.63) is 107 Å². The predicted octanol–water partition coefficient (Wildman–Crippen LogP) is 4.42. The fourth-order valence-corrected chi connectivity index (χ4v) is 3.82. The summed E-state index contributed by atoms with van der Waals surface area (Å²) in [7, 11) is 0. The molecule has 0 bridgehead atoms. The summed E-state index contributed by atoms with van der Waals surface area (Å²) >= 11 is 0. The Morgan fingerprint density at radius 3 is 2.50 bits per heavy atom. The molecule has 0 spiro atoms. The molecule has 5 nitrogen and oxygen atoms in total. The van der Waals surface area contributed by atoms with Crippen molar-refractivity contribution < 1.29 is 18.7 Å². The first-order valence-electron chi connectivity index (χ1n) is 9.82. The van der Waals surface area contributed by atoms with Crippen molar-refractivity contribution in [2.45, 2.75) is 18.6 Å². The van der Waals surface area contributed by atoms with Gasteiger partial charge in [0.25, 0.3) is 5.91 Å². The Kier molecular flexibility index (Phi) is 4.56.